The first kappa shape index (κ1) is 15.4. The van der Waals surface area contributed by atoms with Gasteiger partial charge in [-0.3, -0.25) is 9.59 Å². The maximum absolute atomic E-state index is 12.0. The summed E-state index contributed by atoms with van der Waals surface area (Å²) in [7, 11) is 0. The molecular weight excluding hydrogens is 266 g/mol. The van der Waals surface area contributed by atoms with Crippen LogP contribution in [0.4, 0.5) is 11.4 Å². The predicted molar refractivity (Wildman–Crippen MR) is 84.4 cm³/mol. The molecule has 2 rings (SSSR count). The van der Waals surface area contributed by atoms with Gasteiger partial charge in [-0.2, -0.15) is 0 Å². The van der Waals surface area contributed by atoms with Crippen LogP contribution in [0.1, 0.15) is 20.8 Å². The van der Waals surface area contributed by atoms with Gasteiger partial charge in [0.1, 0.15) is 0 Å². The molecule has 0 aromatic heterocycles. The average molecular weight is 289 g/mol. The highest BCUT2D eigenvalue weighted by Gasteiger charge is 2.23. The van der Waals surface area contributed by atoms with E-state index in [0.717, 1.165) is 37.6 Å². The third-order valence-corrected chi connectivity index (χ3v) is 3.64. The van der Waals surface area contributed by atoms with E-state index in [0.29, 0.717) is 0 Å². The highest BCUT2D eigenvalue weighted by molar-refractivity contribution is 5.92. The van der Waals surface area contributed by atoms with E-state index in [1.165, 1.54) is 6.92 Å². The topological polar surface area (TPSA) is 52.7 Å². The van der Waals surface area contributed by atoms with Gasteiger partial charge in [0, 0.05) is 39.0 Å². The maximum Gasteiger partial charge on any atom is 0.225 e. The Morgan fingerprint density at radius 3 is 2.29 bits per heavy atom. The molecule has 0 spiro atoms. The van der Waals surface area contributed by atoms with E-state index in [1.807, 2.05) is 43.0 Å². The van der Waals surface area contributed by atoms with E-state index in [1.54, 1.807) is 0 Å². The van der Waals surface area contributed by atoms with Crippen LogP contribution in [-0.4, -0.2) is 42.9 Å². The van der Waals surface area contributed by atoms with Crippen molar-refractivity contribution in [3.8, 4) is 0 Å². The van der Waals surface area contributed by atoms with Crippen molar-refractivity contribution in [1.29, 1.82) is 0 Å². The first-order valence-electron chi connectivity index (χ1n) is 7.39. The fraction of sp³-hybridized carbons (Fsp3) is 0.500. The lowest BCUT2D eigenvalue weighted by atomic mass is 10.1. The summed E-state index contributed by atoms with van der Waals surface area (Å²) in [6.45, 7) is 8.40. The Morgan fingerprint density at radius 2 is 1.71 bits per heavy atom. The van der Waals surface area contributed by atoms with E-state index < -0.39 is 0 Å². The van der Waals surface area contributed by atoms with Crippen molar-refractivity contribution in [2.24, 2.45) is 5.92 Å². The zero-order valence-corrected chi connectivity index (χ0v) is 12.9. The number of nitrogens with one attached hydrogen (secondary N) is 1. The Kier molecular flexibility index (Phi) is 4.83. The molecule has 5 heteroatoms. The van der Waals surface area contributed by atoms with Gasteiger partial charge in [-0.05, 0) is 12.1 Å². The molecule has 0 aliphatic carbocycles. The van der Waals surface area contributed by atoms with Crippen LogP contribution in [0.5, 0.6) is 0 Å². The molecule has 0 radical (unpaired) electrons. The van der Waals surface area contributed by atoms with E-state index in [9.17, 15) is 9.59 Å². The van der Waals surface area contributed by atoms with Crippen LogP contribution in [0.25, 0.3) is 0 Å². The Morgan fingerprint density at radius 1 is 1.10 bits per heavy atom. The van der Waals surface area contributed by atoms with E-state index in [2.05, 4.69) is 10.2 Å². The highest BCUT2D eigenvalue weighted by atomic mass is 16.2. The first-order chi connectivity index (χ1) is 9.99. The van der Waals surface area contributed by atoms with Crippen LogP contribution < -0.4 is 10.2 Å². The molecule has 1 aromatic rings. The quantitative estimate of drug-likeness (QED) is 0.925. The van der Waals surface area contributed by atoms with Crippen molar-refractivity contribution in [2.75, 3.05) is 36.4 Å². The maximum atomic E-state index is 12.0. The Bertz CT molecular complexity index is 520. The van der Waals surface area contributed by atoms with Crippen molar-refractivity contribution in [1.82, 2.24) is 4.90 Å². The van der Waals surface area contributed by atoms with Gasteiger partial charge in [-0.1, -0.05) is 26.0 Å². The molecule has 1 aliphatic rings. The molecule has 1 aliphatic heterocycles. The van der Waals surface area contributed by atoms with Crippen LogP contribution >= 0.6 is 0 Å². The minimum atomic E-state index is -0.0731. The van der Waals surface area contributed by atoms with Crippen molar-refractivity contribution in [2.45, 2.75) is 20.8 Å². The Labute approximate surface area is 125 Å². The van der Waals surface area contributed by atoms with Crippen molar-refractivity contribution >= 4 is 23.2 Å². The fourth-order valence-electron chi connectivity index (χ4n) is 2.58. The van der Waals surface area contributed by atoms with Crippen LogP contribution in [0, 0.1) is 5.92 Å². The number of benzene rings is 1. The first-order valence-corrected chi connectivity index (χ1v) is 7.39. The number of anilines is 2. The summed E-state index contributed by atoms with van der Waals surface area (Å²) in [6, 6.07) is 7.78. The lowest BCUT2D eigenvalue weighted by Crippen LogP contribution is -2.50. The zero-order valence-electron chi connectivity index (χ0n) is 12.9. The summed E-state index contributed by atoms with van der Waals surface area (Å²) in [6.07, 6.45) is 0. The van der Waals surface area contributed by atoms with Gasteiger partial charge in [0.25, 0.3) is 0 Å². The van der Waals surface area contributed by atoms with Crippen molar-refractivity contribution in [3.05, 3.63) is 24.3 Å². The van der Waals surface area contributed by atoms with Crippen LogP contribution in [0.2, 0.25) is 0 Å². The number of hydrogen-bond acceptors (Lipinski definition) is 3. The van der Waals surface area contributed by atoms with Crippen LogP contribution in [0.3, 0.4) is 0 Å². The van der Waals surface area contributed by atoms with Crippen LogP contribution in [-0.2, 0) is 9.59 Å². The van der Waals surface area contributed by atoms with Crippen molar-refractivity contribution < 1.29 is 9.59 Å². The molecule has 1 heterocycles. The van der Waals surface area contributed by atoms with Gasteiger partial charge >= 0.3 is 0 Å². The fourth-order valence-corrected chi connectivity index (χ4v) is 2.58. The number of rotatable bonds is 3. The minimum Gasteiger partial charge on any atom is -0.366 e. The van der Waals surface area contributed by atoms with E-state index in [4.69, 9.17) is 0 Å². The van der Waals surface area contributed by atoms with E-state index >= 15 is 0 Å². The summed E-state index contributed by atoms with van der Waals surface area (Å²) >= 11 is 0. The third-order valence-electron chi connectivity index (χ3n) is 3.64. The van der Waals surface area contributed by atoms with Gasteiger partial charge in [0.15, 0.2) is 0 Å². The largest absolute Gasteiger partial charge is 0.366 e. The van der Waals surface area contributed by atoms with Crippen molar-refractivity contribution in [3.63, 3.8) is 0 Å². The number of piperazine rings is 1. The minimum absolute atomic E-state index is 0.0446. The molecule has 5 nitrogen and oxygen atoms in total. The monoisotopic (exact) mass is 289 g/mol. The lowest BCUT2D eigenvalue weighted by Gasteiger charge is -2.37. The molecule has 1 N–H and O–H groups in total. The third kappa shape index (κ3) is 3.74. The summed E-state index contributed by atoms with van der Waals surface area (Å²) in [4.78, 5) is 27.4. The predicted octanol–water partition coefficient (Wildman–Crippen LogP) is 1.95. The number of para-hydroxylation sites is 2. The van der Waals surface area contributed by atoms with Crippen LogP contribution in [0.15, 0.2) is 24.3 Å². The molecule has 1 aromatic carbocycles. The van der Waals surface area contributed by atoms with Gasteiger partial charge < -0.3 is 15.1 Å². The second-order valence-electron chi connectivity index (χ2n) is 5.67. The molecule has 0 bridgehead atoms. The Hall–Kier alpha value is -2.04. The summed E-state index contributed by atoms with van der Waals surface area (Å²) in [5.74, 6) is 0.184. The average Bonchev–Trinajstić information content (AvgIpc) is 2.46. The standard InChI is InChI=1S/C16H23N3O2/c1-12(2)16(21)19-10-8-18(9-11-19)15-7-5-4-6-14(15)17-13(3)20/h4-7,12H,8-11H2,1-3H3,(H,17,20). The SMILES string of the molecule is CC(=O)Nc1ccccc1N1CCN(C(=O)C(C)C)CC1. The molecular formula is C16H23N3O2. The molecule has 0 saturated carbocycles. The Balaban J connectivity index is 2.05. The molecule has 0 atom stereocenters. The molecule has 114 valence electrons. The number of amides is 2. The van der Waals surface area contributed by atoms with Gasteiger partial charge in [-0.15, -0.1) is 0 Å². The summed E-state index contributed by atoms with van der Waals surface area (Å²) in [5.41, 5.74) is 1.85. The smallest absolute Gasteiger partial charge is 0.225 e. The number of nitrogens with zero attached hydrogens (tertiary/aromatic N) is 2. The zero-order chi connectivity index (χ0) is 15.4. The van der Waals surface area contributed by atoms with E-state index in [-0.39, 0.29) is 17.7 Å². The normalized spacial score (nSPS) is 15.2. The highest BCUT2D eigenvalue weighted by Crippen LogP contribution is 2.26. The second-order valence-corrected chi connectivity index (χ2v) is 5.67. The van der Waals surface area contributed by atoms with Gasteiger partial charge in [0.2, 0.25) is 11.8 Å². The number of carbonyl (C=O) groups excluding carboxylic acids is 2. The molecule has 21 heavy (non-hydrogen) atoms. The number of hydrogen-bond donors (Lipinski definition) is 1. The molecule has 1 saturated heterocycles. The molecule has 1 fully saturated rings. The molecule has 2 amide bonds. The lowest BCUT2D eigenvalue weighted by molar-refractivity contribution is -0.134. The van der Waals surface area contributed by atoms with Gasteiger partial charge in [0.05, 0.1) is 11.4 Å². The number of carbonyl (C=O) groups is 2. The van der Waals surface area contributed by atoms with Gasteiger partial charge in [-0.25, -0.2) is 0 Å². The summed E-state index contributed by atoms with van der Waals surface area (Å²) in [5, 5.41) is 2.86. The second kappa shape index (κ2) is 6.61. The molecule has 0 unspecified atom stereocenters. The summed E-state index contributed by atoms with van der Waals surface area (Å²) < 4.78 is 0.